The molecule has 4 aromatic carbocycles. The van der Waals surface area contributed by atoms with Crippen molar-refractivity contribution in [3.63, 3.8) is 0 Å². The third-order valence-electron chi connectivity index (χ3n) is 5.74. The molecule has 32 heavy (non-hydrogen) atoms. The quantitative estimate of drug-likeness (QED) is 0.304. The molecule has 5 rings (SSSR count). The van der Waals surface area contributed by atoms with E-state index in [1.54, 1.807) is 0 Å². The lowest BCUT2D eigenvalue weighted by atomic mass is 9.42. The lowest BCUT2D eigenvalue weighted by molar-refractivity contribution is 1.45. The van der Waals surface area contributed by atoms with E-state index >= 15 is 0 Å². The molecule has 0 atom stereocenters. The molecule has 0 aliphatic carbocycles. The van der Waals surface area contributed by atoms with Gasteiger partial charge in [-0.25, -0.2) is 9.98 Å². The topological polar surface area (TPSA) is 50.7 Å². The molecule has 0 spiro atoms. The van der Waals surface area contributed by atoms with E-state index < -0.39 is 0 Å². The number of nitrogens with two attached hydrogens (primary N) is 1. The fourth-order valence-corrected chi connectivity index (χ4v) is 4.23. The summed E-state index contributed by atoms with van der Waals surface area (Å²) in [6.07, 6.45) is 0. The van der Waals surface area contributed by atoms with Crippen molar-refractivity contribution in [1.82, 2.24) is 0 Å². The van der Waals surface area contributed by atoms with Crippen LogP contribution in [0.15, 0.2) is 126 Å². The monoisotopic (exact) mass is 411 g/mol. The summed E-state index contributed by atoms with van der Waals surface area (Å²) in [6, 6.07) is 36.6. The van der Waals surface area contributed by atoms with Gasteiger partial charge in [0, 0.05) is 5.56 Å². The van der Waals surface area contributed by atoms with E-state index in [0.717, 1.165) is 11.1 Å². The summed E-state index contributed by atoms with van der Waals surface area (Å²) in [5.41, 5.74) is 14.5. The predicted octanol–water partition coefficient (Wildman–Crippen LogP) is 4.29. The Hall–Kier alpha value is -4.18. The van der Waals surface area contributed by atoms with Gasteiger partial charge in [0.1, 0.15) is 0 Å². The Balaban J connectivity index is 1.61. The summed E-state index contributed by atoms with van der Waals surface area (Å²) >= 11 is 0. The molecule has 0 bridgehead atoms. The zero-order valence-corrected chi connectivity index (χ0v) is 17.6. The second-order valence-corrected chi connectivity index (χ2v) is 7.76. The summed E-state index contributed by atoms with van der Waals surface area (Å²) in [4.78, 5) is 9.67. The molecule has 2 N–H and O–H groups in total. The summed E-state index contributed by atoms with van der Waals surface area (Å²) < 4.78 is 0. The zero-order valence-electron chi connectivity index (χ0n) is 17.6. The molecule has 0 radical (unpaired) electrons. The minimum absolute atomic E-state index is 0.110. The van der Waals surface area contributed by atoms with E-state index in [0.29, 0.717) is 17.3 Å². The molecule has 0 amide bonds. The molecule has 0 aromatic heterocycles. The van der Waals surface area contributed by atoms with Crippen LogP contribution in [-0.4, -0.2) is 18.3 Å². The van der Waals surface area contributed by atoms with E-state index in [1.807, 2.05) is 60.7 Å². The van der Waals surface area contributed by atoms with Gasteiger partial charge in [-0.05, 0) is 16.7 Å². The minimum Gasteiger partial charge on any atom is -0.394 e. The van der Waals surface area contributed by atoms with Crippen LogP contribution in [0.3, 0.4) is 0 Å². The van der Waals surface area contributed by atoms with Crippen molar-refractivity contribution in [2.45, 2.75) is 0 Å². The highest BCUT2D eigenvalue weighted by Gasteiger charge is 2.34. The van der Waals surface area contributed by atoms with Gasteiger partial charge in [-0.3, -0.25) is 0 Å². The van der Waals surface area contributed by atoms with E-state index in [-0.39, 0.29) is 6.71 Å². The Morgan fingerprint density at radius 2 is 1.06 bits per heavy atom. The van der Waals surface area contributed by atoms with Gasteiger partial charge in [-0.1, -0.05) is 127 Å². The molecule has 0 unspecified atom stereocenters. The van der Waals surface area contributed by atoms with Crippen molar-refractivity contribution in [2.24, 2.45) is 15.7 Å². The predicted molar refractivity (Wildman–Crippen MR) is 137 cm³/mol. The average molecular weight is 411 g/mol. The Kier molecular flexibility index (Phi) is 5.26. The van der Waals surface area contributed by atoms with E-state index in [9.17, 15) is 0 Å². The first-order chi connectivity index (χ1) is 15.7. The van der Waals surface area contributed by atoms with Crippen LogP contribution in [0.4, 0.5) is 0 Å². The maximum atomic E-state index is 6.70. The number of benzene rings is 4. The summed E-state index contributed by atoms with van der Waals surface area (Å²) in [5.74, 6) is 0.554. The van der Waals surface area contributed by atoms with Crippen LogP contribution in [0.5, 0.6) is 0 Å². The van der Waals surface area contributed by atoms with E-state index in [2.05, 4.69) is 55.1 Å². The number of nitrogens with zero attached hydrogens (tertiary/aromatic N) is 2. The maximum Gasteiger partial charge on any atom is 0.287 e. The van der Waals surface area contributed by atoms with Crippen LogP contribution in [0.1, 0.15) is 11.1 Å². The third kappa shape index (κ3) is 3.67. The molecular formula is C28H22BN3. The van der Waals surface area contributed by atoms with Gasteiger partial charge < -0.3 is 5.73 Å². The number of amidine groups is 2. The lowest BCUT2D eigenvalue weighted by Gasteiger charge is -2.11. The SMILES string of the molecule is C=C(N=C(N=C(N)B1c2ccccc2-c2ccccc21)c1ccccc1)c1ccccc1. The van der Waals surface area contributed by atoms with Crippen LogP contribution < -0.4 is 16.7 Å². The molecule has 1 aliphatic rings. The van der Waals surface area contributed by atoms with Gasteiger partial charge in [0.25, 0.3) is 6.71 Å². The molecule has 0 saturated carbocycles. The molecule has 152 valence electrons. The Labute approximate surface area is 188 Å². The van der Waals surface area contributed by atoms with Crippen molar-refractivity contribution in [3.05, 3.63) is 127 Å². The molecule has 4 heteroatoms. The standard InChI is InChI=1S/C28H22BN3/c1-20(21-12-4-2-5-13-21)31-27(22-14-6-3-7-15-22)32-28(30)29-25-18-10-8-16-23(25)24-17-9-11-19-26(24)29/h2-19H,1H2,(H2,30,31,32). The molecule has 1 aliphatic heterocycles. The first-order valence-electron chi connectivity index (χ1n) is 10.6. The van der Waals surface area contributed by atoms with Crippen LogP contribution in [0, 0.1) is 0 Å². The van der Waals surface area contributed by atoms with Gasteiger partial charge >= 0.3 is 0 Å². The third-order valence-corrected chi connectivity index (χ3v) is 5.74. The number of rotatable bonds is 4. The minimum atomic E-state index is -0.110. The van der Waals surface area contributed by atoms with Gasteiger partial charge in [-0.2, -0.15) is 0 Å². The van der Waals surface area contributed by atoms with Gasteiger partial charge in [0.15, 0.2) is 5.84 Å². The van der Waals surface area contributed by atoms with Crippen LogP contribution >= 0.6 is 0 Å². The first kappa shape index (κ1) is 19.8. The van der Waals surface area contributed by atoms with Crippen molar-refractivity contribution < 1.29 is 0 Å². The summed E-state index contributed by atoms with van der Waals surface area (Å²) in [6.45, 7) is 4.06. The lowest BCUT2D eigenvalue weighted by Crippen LogP contribution is -2.50. The molecule has 1 heterocycles. The number of hydrogen-bond acceptors (Lipinski definition) is 1. The fraction of sp³-hybridized carbons (Fsp3) is 0. The molecule has 4 aromatic rings. The Bertz CT molecular complexity index is 1300. The summed E-state index contributed by atoms with van der Waals surface area (Å²) in [7, 11) is 0. The van der Waals surface area contributed by atoms with Gasteiger partial charge in [-0.15, -0.1) is 0 Å². The molecule has 0 saturated heterocycles. The highest BCUT2D eigenvalue weighted by Crippen LogP contribution is 2.23. The normalized spacial score (nSPS) is 12.9. The second-order valence-electron chi connectivity index (χ2n) is 7.76. The van der Waals surface area contributed by atoms with Crippen molar-refractivity contribution in [1.29, 1.82) is 0 Å². The average Bonchev–Trinajstić information content (AvgIpc) is 3.19. The van der Waals surface area contributed by atoms with Crippen LogP contribution in [0.2, 0.25) is 0 Å². The van der Waals surface area contributed by atoms with Crippen molar-refractivity contribution >= 4 is 34.9 Å². The highest BCUT2D eigenvalue weighted by atomic mass is 15.0. The maximum absolute atomic E-state index is 6.70. The largest absolute Gasteiger partial charge is 0.394 e. The Morgan fingerprint density at radius 1 is 0.594 bits per heavy atom. The Morgan fingerprint density at radius 3 is 1.62 bits per heavy atom. The fourth-order valence-electron chi connectivity index (χ4n) is 4.23. The molecule has 0 fully saturated rings. The van der Waals surface area contributed by atoms with Gasteiger partial charge in [0.05, 0.1) is 11.4 Å². The van der Waals surface area contributed by atoms with E-state index in [4.69, 9.17) is 15.7 Å². The zero-order chi connectivity index (χ0) is 21.9. The van der Waals surface area contributed by atoms with Crippen molar-refractivity contribution in [3.8, 4) is 11.1 Å². The number of hydrogen-bond donors (Lipinski definition) is 1. The molecular weight excluding hydrogens is 389 g/mol. The first-order valence-corrected chi connectivity index (χ1v) is 10.6. The summed E-state index contributed by atoms with van der Waals surface area (Å²) in [5, 5.41) is 0. The second kappa shape index (κ2) is 8.52. The number of aliphatic imine (C=N–C) groups is 2. The van der Waals surface area contributed by atoms with Crippen LogP contribution in [0.25, 0.3) is 16.8 Å². The molecule has 3 nitrogen and oxygen atoms in total. The van der Waals surface area contributed by atoms with E-state index in [1.165, 1.54) is 22.1 Å². The van der Waals surface area contributed by atoms with Crippen molar-refractivity contribution in [2.75, 3.05) is 0 Å². The highest BCUT2D eigenvalue weighted by molar-refractivity contribution is 7.11. The number of fused-ring (bicyclic) bond motifs is 3. The smallest absolute Gasteiger partial charge is 0.287 e. The van der Waals surface area contributed by atoms with Gasteiger partial charge in [0.2, 0.25) is 0 Å². The van der Waals surface area contributed by atoms with Crippen LogP contribution in [-0.2, 0) is 0 Å².